The second-order valence-electron chi connectivity index (χ2n) is 5.97. The van der Waals surface area contributed by atoms with Crippen LogP contribution >= 0.6 is 0 Å². The standard InChI is InChI=1S/C15H24N4O2/c1-2-21-15(6-3-4-7-15)11-17-14(20)18-12-5-9-19-10-8-16-13(12)19/h8,10,12H,2-7,9,11H2,1H3,(H2,17,18,20). The number of ether oxygens (including phenoxy) is 1. The molecule has 0 radical (unpaired) electrons. The largest absolute Gasteiger partial charge is 0.373 e. The van der Waals surface area contributed by atoms with Crippen LogP contribution in [0.5, 0.6) is 0 Å². The van der Waals surface area contributed by atoms with Gasteiger partial charge in [-0.1, -0.05) is 12.8 Å². The van der Waals surface area contributed by atoms with E-state index in [4.69, 9.17) is 4.74 Å². The summed E-state index contributed by atoms with van der Waals surface area (Å²) >= 11 is 0. The molecule has 1 unspecified atom stereocenters. The van der Waals surface area contributed by atoms with Crippen LogP contribution in [0.15, 0.2) is 12.4 Å². The fourth-order valence-electron chi connectivity index (χ4n) is 3.50. The summed E-state index contributed by atoms with van der Waals surface area (Å²) in [5.41, 5.74) is -0.153. The topological polar surface area (TPSA) is 68.2 Å². The van der Waals surface area contributed by atoms with Gasteiger partial charge in [-0.25, -0.2) is 9.78 Å². The van der Waals surface area contributed by atoms with E-state index in [0.29, 0.717) is 13.2 Å². The molecule has 1 aromatic heterocycles. The number of imidazole rings is 1. The molecule has 6 nitrogen and oxygen atoms in total. The Morgan fingerprint density at radius 2 is 2.33 bits per heavy atom. The van der Waals surface area contributed by atoms with E-state index in [2.05, 4.69) is 20.2 Å². The highest BCUT2D eigenvalue weighted by Crippen LogP contribution is 2.32. The molecular formula is C15H24N4O2. The Bertz CT molecular complexity index is 494. The molecule has 6 heteroatoms. The van der Waals surface area contributed by atoms with E-state index in [0.717, 1.165) is 31.6 Å². The van der Waals surface area contributed by atoms with Gasteiger partial charge in [-0.3, -0.25) is 0 Å². The van der Waals surface area contributed by atoms with Crippen LogP contribution in [-0.2, 0) is 11.3 Å². The Morgan fingerprint density at radius 1 is 1.52 bits per heavy atom. The molecule has 3 rings (SSSR count). The van der Waals surface area contributed by atoms with Crippen LogP contribution in [-0.4, -0.2) is 34.3 Å². The summed E-state index contributed by atoms with van der Waals surface area (Å²) in [5.74, 6) is 0.950. The van der Waals surface area contributed by atoms with E-state index in [-0.39, 0.29) is 17.7 Å². The number of hydrogen-bond acceptors (Lipinski definition) is 3. The zero-order valence-corrected chi connectivity index (χ0v) is 12.6. The van der Waals surface area contributed by atoms with Crippen molar-refractivity contribution in [3.05, 3.63) is 18.2 Å². The molecule has 1 aromatic rings. The zero-order valence-electron chi connectivity index (χ0n) is 12.6. The summed E-state index contributed by atoms with van der Waals surface area (Å²) in [6.07, 6.45) is 9.09. The molecule has 2 N–H and O–H groups in total. The van der Waals surface area contributed by atoms with Crippen LogP contribution in [0.4, 0.5) is 4.79 Å². The molecule has 1 saturated carbocycles. The number of aromatic nitrogens is 2. The van der Waals surface area contributed by atoms with Crippen LogP contribution in [0.3, 0.4) is 0 Å². The number of aryl methyl sites for hydroxylation is 1. The van der Waals surface area contributed by atoms with E-state index in [1.54, 1.807) is 6.20 Å². The minimum Gasteiger partial charge on any atom is -0.373 e. The van der Waals surface area contributed by atoms with Crippen LogP contribution in [0, 0.1) is 0 Å². The minimum absolute atomic E-state index is 0.0200. The van der Waals surface area contributed by atoms with Crippen LogP contribution in [0.2, 0.25) is 0 Å². The lowest BCUT2D eigenvalue weighted by molar-refractivity contribution is -0.0307. The Kier molecular flexibility index (Phi) is 4.14. The van der Waals surface area contributed by atoms with E-state index in [1.807, 2.05) is 13.1 Å². The fourth-order valence-corrected chi connectivity index (χ4v) is 3.50. The van der Waals surface area contributed by atoms with E-state index in [1.165, 1.54) is 12.8 Å². The number of nitrogens with one attached hydrogen (secondary N) is 2. The van der Waals surface area contributed by atoms with Gasteiger partial charge in [0, 0.05) is 32.1 Å². The van der Waals surface area contributed by atoms with Crippen molar-refractivity contribution in [1.82, 2.24) is 20.2 Å². The van der Waals surface area contributed by atoms with Crippen molar-refractivity contribution in [3.8, 4) is 0 Å². The Balaban J connectivity index is 1.51. The zero-order chi connectivity index (χ0) is 14.7. The quantitative estimate of drug-likeness (QED) is 0.872. The van der Waals surface area contributed by atoms with Gasteiger partial charge < -0.3 is 19.9 Å². The molecule has 1 aliphatic carbocycles. The van der Waals surface area contributed by atoms with Crippen LogP contribution in [0.1, 0.15) is 50.9 Å². The van der Waals surface area contributed by atoms with Crippen LogP contribution < -0.4 is 10.6 Å². The van der Waals surface area contributed by atoms with Gasteiger partial charge in [-0.15, -0.1) is 0 Å². The molecule has 0 saturated heterocycles. The molecule has 0 aromatic carbocycles. The smallest absolute Gasteiger partial charge is 0.315 e. The Morgan fingerprint density at radius 3 is 3.10 bits per heavy atom. The number of urea groups is 1. The van der Waals surface area contributed by atoms with Crippen LogP contribution in [0.25, 0.3) is 0 Å². The van der Waals surface area contributed by atoms with Crippen molar-refractivity contribution in [1.29, 1.82) is 0 Å². The highest BCUT2D eigenvalue weighted by molar-refractivity contribution is 5.74. The van der Waals surface area contributed by atoms with Crippen molar-refractivity contribution in [2.75, 3.05) is 13.2 Å². The molecule has 1 atom stereocenters. The highest BCUT2D eigenvalue weighted by Gasteiger charge is 2.35. The molecule has 1 aliphatic heterocycles. The van der Waals surface area contributed by atoms with E-state index in [9.17, 15) is 4.79 Å². The van der Waals surface area contributed by atoms with Gasteiger partial charge in [0.25, 0.3) is 0 Å². The maximum absolute atomic E-state index is 12.1. The van der Waals surface area contributed by atoms with Gasteiger partial charge in [-0.05, 0) is 26.2 Å². The maximum Gasteiger partial charge on any atom is 0.315 e. The van der Waals surface area contributed by atoms with E-state index < -0.39 is 0 Å². The maximum atomic E-state index is 12.1. The molecule has 2 heterocycles. The summed E-state index contributed by atoms with van der Waals surface area (Å²) in [4.78, 5) is 16.4. The van der Waals surface area contributed by atoms with Gasteiger partial charge in [0.05, 0.1) is 11.6 Å². The first-order valence-electron chi connectivity index (χ1n) is 7.92. The average Bonchev–Trinajstić information content (AvgIpc) is 3.16. The fraction of sp³-hybridized carbons (Fsp3) is 0.733. The predicted octanol–water partition coefficient (Wildman–Crippen LogP) is 1.98. The summed E-state index contributed by atoms with van der Waals surface area (Å²) in [5, 5.41) is 6.00. The molecule has 2 amide bonds. The number of nitrogens with zero attached hydrogens (tertiary/aromatic N) is 2. The number of amides is 2. The molecule has 0 bridgehead atoms. The number of fused-ring (bicyclic) bond motifs is 1. The lowest BCUT2D eigenvalue weighted by Crippen LogP contribution is -2.47. The monoisotopic (exact) mass is 292 g/mol. The molecule has 2 aliphatic rings. The Labute approximate surface area is 125 Å². The van der Waals surface area contributed by atoms with E-state index >= 15 is 0 Å². The second-order valence-corrected chi connectivity index (χ2v) is 5.97. The molecular weight excluding hydrogens is 268 g/mol. The van der Waals surface area contributed by atoms with Crippen molar-refractivity contribution in [2.24, 2.45) is 0 Å². The first-order chi connectivity index (χ1) is 10.2. The summed E-state index contributed by atoms with van der Waals surface area (Å²) in [6.45, 7) is 4.22. The number of carbonyl (C=O) groups is 1. The number of carbonyl (C=O) groups excluding carboxylic acids is 1. The lowest BCUT2D eigenvalue weighted by Gasteiger charge is -2.29. The molecule has 0 spiro atoms. The van der Waals surface area contributed by atoms with Gasteiger partial charge in [0.15, 0.2) is 0 Å². The summed E-state index contributed by atoms with van der Waals surface area (Å²) < 4.78 is 7.98. The first kappa shape index (κ1) is 14.4. The summed E-state index contributed by atoms with van der Waals surface area (Å²) in [7, 11) is 0. The Hall–Kier alpha value is -1.56. The third kappa shape index (κ3) is 3.05. The molecule has 1 fully saturated rings. The van der Waals surface area contributed by atoms with Crippen molar-refractivity contribution in [3.63, 3.8) is 0 Å². The lowest BCUT2D eigenvalue weighted by atomic mass is 10.0. The number of hydrogen-bond donors (Lipinski definition) is 2. The van der Waals surface area contributed by atoms with Gasteiger partial charge >= 0.3 is 6.03 Å². The van der Waals surface area contributed by atoms with Gasteiger partial charge in [-0.2, -0.15) is 0 Å². The normalized spacial score (nSPS) is 23.0. The SMILES string of the molecule is CCOC1(CNC(=O)NC2CCn3ccnc32)CCCC1. The minimum atomic E-state index is -0.153. The third-order valence-electron chi connectivity index (χ3n) is 4.56. The second kappa shape index (κ2) is 6.05. The number of rotatable bonds is 5. The van der Waals surface area contributed by atoms with Crippen molar-refractivity contribution < 1.29 is 9.53 Å². The highest BCUT2D eigenvalue weighted by atomic mass is 16.5. The first-order valence-corrected chi connectivity index (χ1v) is 7.92. The van der Waals surface area contributed by atoms with Gasteiger partial charge in [0.2, 0.25) is 0 Å². The molecule has 21 heavy (non-hydrogen) atoms. The average molecular weight is 292 g/mol. The van der Waals surface area contributed by atoms with Crippen molar-refractivity contribution in [2.45, 2.75) is 57.2 Å². The molecule has 116 valence electrons. The predicted molar refractivity (Wildman–Crippen MR) is 78.9 cm³/mol. The summed E-state index contributed by atoms with van der Waals surface area (Å²) in [6, 6.07) is -0.103. The van der Waals surface area contributed by atoms with Gasteiger partial charge in [0.1, 0.15) is 5.82 Å². The van der Waals surface area contributed by atoms with Crippen molar-refractivity contribution >= 4 is 6.03 Å². The third-order valence-corrected chi connectivity index (χ3v) is 4.56.